The average molecular weight is 324 g/mol. The van der Waals surface area contributed by atoms with Crippen molar-refractivity contribution in [2.45, 2.75) is 63.5 Å². The van der Waals surface area contributed by atoms with E-state index in [9.17, 15) is 8.78 Å². The first-order valence-corrected chi connectivity index (χ1v) is 8.06. The van der Waals surface area contributed by atoms with E-state index in [1.54, 1.807) is 12.1 Å². The smallest absolute Gasteiger partial charge is 0.461 e. The zero-order valence-electron chi connectivity index (χ0n) is 14.0. The summed E-state index contributed by atoms with van der Waals surface area (Å²) in [7, 11) is -0.181. The summed E-state index contributed by atoms with van der Waals surface area (Å²) < 4.78 is 41.5. The van der Waals surface area contributed by atoms with E-state index in [-0.39, 0.29) is 18.3 Å². The molecule has 1 aromatic rings. The number of ether oxygens (including phenoxy) is 1. The van der Waals surface area contributed by atoms with Crippen LogP contribution < -0.4 is 4.74 Å². The maximum absolute atomic E-state index is 12.1. The Bertz CT molecular complexity index is 543. The predicted molar refractivity (Wildman–Crippen MR) is 85.1 cm³/mol. The number of hydrogen-bond acceptors (Lipinski definition) is 3. The second kappa shape index (κ2) is 5.74. The Morgan fingerprint density at radius 2 is 1.70 bits per heavy atom. The molecule has 3 nitrogen and oxygen atoms in total. The van der Waals surface area contributed by atoms with E-state index < -0.39 is 13.0 Å². The zero-order chi connectivity index (χ0) is 16.8. The third-order valence-corrected chi connectivity index (χ3v) is 5.15. The Morgan fingerprint density at radius 1 is 1.13 bits per heavy atom. The number of benzene rings is 1. The lowest BCUT2D eigenvalue weighted by molar-refractivity contribution is 0.00578. The molecule has 0 unspecified atom stereocenters. The molecule has 3 rings (SSSR count). The molecule has 1 aliphatic carbocycles. The fourth-order valence-electron chi connectivity index (χ4n) is 2.93. The first kappa shape index (κ1) is 16.7. The van der Waals surface area contributed by atoms with Gasteiger partial charge >= 0.3 is 7.12 Å². The van der Waals surface area contributed by atoms with E-state index >= 15 is 0 Å². The Labute approximate surface area is 136 Å². The molecular weight excluding hydrogens is 301 g/mol. The van der Waals surface area contributed by atoms with Crippen molar-refractivity contribution in [3.63, 3.8) is 0 Å². The maximum atomic E-state index is 12.1. The SMILES string of the molecule is CC1(C)OB([C@@H]2C[C@@H]2c2ccc(OCC(F)F)cc2)OC1(C)C. The predicted octanol–water partition coefficient (Wildman–Crippen LogP) is 4.28. The van der Waals surface area contributed by atoms with Gasteiger partial charge in [0, 0.05) is 5.82 Å². The van der Waals surface area contributed by atoms with Gasteiger partial charge in [-0.05, 0) is 57.7 Å². The minimum absolute atomic E-state index is 0.181. The van der Waals surface area contributed by atoms with Gasteiger partial charge in [0.2, 0.25) is 0 Å². The Balaban J connectivity index is 1.59. The summed E-state index contributed by atoms with van der Waals surface area (Å²) in [6.45, 7) is 7.65. The van der Waals surface area contributed by atoms with Gasteiger partial charge in [0.05, 0.1) is 11.2 Å². The van der Waals surface area contributed by atoms with Crippen LogP contribution in [-0.2, 0) is 9.31 Å². The molecule has 23 heavy (non-hydrogen) atoms. The van der Waals surface area contributed by atoms with Gasteiger partial charge in [-0.1, -0.05) is 12.1 Å². The molecule has 126 valence electrons. The van der Waals surface area contributed by atoms with Crippen LogP contribution in [0, 0.1) is 0 Å². The van der Waals surface area contributed by atoms with Crippen LogP contribution in [0.5, 0.6) is 5.75 Å². The van der Waals surface area contributed by atoms with Gasteiger partial charge < -0.3 is 14.0 Å². The van der Waals surface area contributed by atoms with Crippen LogP contribution in [-0.4, -0.2) is 31.4 Å². The number of rotatable bonds is 5. The molecule has 1 saturated carbocycles. The molecule has 1 heterocycles. The van der Waals surface area contributed by atoms with Crippen LogP contribution >= 0.6 is 0 Å². The summed E-state index contributed by atoms with van der Waals surface area (Å²) in [4.78, 5) is 0. The minimum Gasteiger partial charge on any atom is -0.488 e. The third kappa shape index (κ3) is 3.38. The number of halogens is 2. The molecule has 1 aromatic carbocycles. The summed E-state index contributed by atoms with van der Waals surface area (Å²) >= 11 is 0. The second-order valence-electron chi connectivity index (χ2n) is 7.40. The van der Waals surface area contributed by atoms with Crippen molar-refractivity contribution in [2.24, 2.45) is 0 Å². The summed E-state index contributed by atoms with van der Waals surface area (Å²) in [5.41, 5.74) is 0.560. The molecule has 0 N–H and O–H groups in total. The van der Waals surface area contributed by atoms with Crippen molar-refractivity contribution in [1.29, 1.82) is 0 Å². The van der Waals surface area contributed by atoms with E-state index in [1.807, 2.05) is 12.1 Å². The molecule has 6 heteroatoms. The van der Waals surface area contributed by atoms with Crippen molar-refractivity contribution < 1.29 is 22.8 Å². The lowest BCUT2D eigenvalue weighted by Gasteiger charge is -2.32. The number of hydrogen-bond donors (Lipinski definition) is 0. The summed E-state index contributed by atoms with van der Waals surface area (Å²) in [5.74, 6) is 1.22. The molecule has 0 aromatic heterocycles. The summed E-state index contributed by atoms with van der Waals surface area (Å²) in [5, 5.41) is 0. The molecule has 0 bridgehead atoms. The van der Waals surface area contributed by atoms with Gasteiger partial charge in [0.25, 0.3) is 6.43 Å². The van der Waals surface area contributed by atoms with Crippen LogP contribution in [0.15, 0.2) is 24.3 Å². The van der Waals surface area contributed by atoms with Crippen LogP contribution in [0.4, 0.5) is 8.78 Å². The fourth-order valence-corrected chi connectivity index (χ4v) is 2.93. The molecule has 2 aliphatic rings. The van der Waals surface area contributed by atoms with Gasteiger partial charge in [-0.15, -0.1) is 0 Å². The normalized spacial score (nSPS) is 28.2. The van der Waals surface area contributed by atoms with E-state index in [0.717, 1.165) is 6.42 Å². The first-order chi connectivity index (χ1) is 10.7. The average Bonchev–Trinajstić information content (AvgIpc) is 3.20. The zero-order valence-corrected chi connectivity index (χ0v) is 14.0. The third-order valence-electron chi connectivity index (χ3n) is 5.15. The Kier molecular flexibility index (Phi) is 4.17. The molecule has 2 atom stereocenters. The molecular formula is C17H23BF2O3. The van der Waals surface area contributed by atoms with Crippen LogP contribution in [0.1, 0.15) is 45.6 Å². The van der Waals surface area contributed by atoms with Crippen LogP contribution in [0.2, 0.25) is 5.82 Å². The van der Waals surface area contributed by atoms with Gasteiger partial charge in [-0.3, -0.25) is 0 Å². The molecule has 1 saturated heterocycles. The van der Waals surface area contributed by atoms with Crippen molar-refractivity contribution in [3.8, 4) is 5.75 Å². The largest absolute Gasteiger partial charge is 0.488 e. The topological polar surface area (TPSA) is 27.7 Å². The highest BCUT2D eigenvalue weighted by molar-refractivity contribution is 6.49. The van der Waals surface area contributed by atoms with Crippen LogP contribution in [0.3, 0.4) is 0 Å². The monoisotopic (exact) mass is 324 g/mol. The standard InChI is InChI=1S/C17H23BF2O3/c1-16(2)17(3,4)23-18(22-16)14-9-13(14)11-5-7-12(8-6-11)21-10-15(19)20/h5-8,13-15H,9-10H2,1-4H3/t13-,14-/m1/s1. The Hall–Kier alpha value is -1.14. The molecule has 0 spiro atoms. The molecule has 1 aliphatic heterocycles. The van der Waals surface area contributed by atoms with Crippen molar-refractivity contribution in [2.75, 3.05) is 6.61 Å². The van der Waals surface area contributed by atoms with E-state index in [4.69, 9.17) is 14.0 Å². The fraction of sp³-hybridized carbons (Fsp3) is 0.647. The van der Waals surface area contributed by atoms with Crippen LogP contribution in [0.25, 0.3) is 0 Å². The molecule has 0 radical (unpaired) electrons. The lowest BCUT2D eigenvalue weighted by Crippen LogP contribution is -2.41. The lowest BCUT2D eigenvalue weighted by atomic mass is 9.79. The Morgan fingerprint density at radius 3 is 2.22 bits per heavy atom. The van der Waals surface area contributed by atoms with E-state index in [1.165, 1.54) is 5.56 Å². The summed E-state index contributed by atoms with van der Waals surface area (Å²) in [6, 6.07) is 7.38. The van der Waals surface area contributed by atoms with Crippen molar-refractivity contribution in [3.05, 3.63) is 29.8 Å². The maximum Gasteiger partial charge on any atom is 0.461 e. The summed E-state index contributed by atoms with van der Waals surface area (Å²) in [6.07, 6.45) is -1.43. The highest BCUT2D eigenvalue weighted by atomic mass is 19.3. The number of alkyl halides is 2. The van der Waals surface area contributed by atoms with Gasteiger partial charge in [0.15, 0.2) is 0 Å². The van der Waals surface area contributed by atoms with Gasteiger partial charge in [0.1, 0.15) is 12.4 Å². The quantitative estimate of drug-likeness (QED) is 0.757. The van der Waals surface area contributed by atoms with E-state index in [0.29, 0.717) is 17.5 Å². The highest BCUT2D eigenvalue weighted by Gasteiger charge is 2.59. The first-order valence-electron chi connectivity index (χ1n) is 8.06. The molecule has 0 amide bonds. The van der Waals surface area contributed by atoms with E-state index in [2.05, 4.69) is 27.7 Å². The van der Waals surface area contributed by atoms with Crippen molar-refractivity contribution in [1.82, 2.24) is 0 Å². The van der Waals surface area contributed by atoms with Gasteiger partial charge in [-0.2, -0.15) is 0 Å². The van der Waals surface area contributed by atoms with Gasteiger partial charge in [-0.25, -0.2) is 8.78 Å². The van der Waals surface area contributed by atoms with Crippen molar-refractivity contribution >= 4 is 7.12 Å². The second-order valence-corrected chi connectivity index (χ2v) is 7.40. The molecule has 2 fully saturated rings. The minimum atomic E-state index is -2.45. The highest BCUT2D eigenvalue weighted by Crippen LogP contribution is 2.58.